The summed E-state index contributed by atoms with van der Waals surface area (Å²) in [5.74, 6) is -1.63. The number of halogens is 2. The number of nitrogens with zero attached hydrogens (tertiary/aromatic N) is 4. The highest BCUT2D eigenvalue weighted by Gasteiger charge is 2.39. The highest BCUT2D eigenvalue weighted by molar-refractivity contribution is 6.29. The van der Waals surface area contributed by atoms with Crippen molar-refractivity contribution in [3.63, 3.8) is 0 Å². The molecule has 1 aromatic heterocycles. The van der Waals surface area contributed by atoms with Crippen molar-refractivity contribution in [2.75, 3.05) is 31.1 Å². The van der Waals surface area contributed by atoms with Gasteiger partial charge in [-0.15, -0.1) is 0 Å². The van der Waals surface area contributed by atoms with Crippen LogP contribution in [-0.2, 0) is 22.7 Å². The van der Waals surface area contributed by atoms with Gasteiger partial charge in [-0.1, -0.05) is 17.7 Å². The van der Waals surface area contributed by atoms with Crippen molar-refractivity contribution in [1.29, 1.82) is 0 Å². The Labute approximate surface area is 195 Å². The predicted octanol–water partition coefficient (Wildman–Crippen LogP) is 1.96. The molecule has 0 bridgehead atoms. The van der Waals surface area contributed by atoms with Crippen LogP contribution in [0.5, 0.6) is 0 Å². The Kier molecular flexibility index (Phi) is 5.76. The highest BCUT2D eigenvalue weighted by Crippen LogP contribution is 2.33. The molecule has 172 valence electrons. The second-order valence-corrected chi connectivity index (χ2v) is 8.96. The fraction of sp³-hybridized carbons (Fsp3) is 0.391. The number of hydrogen-bond acceptors (Lipinski definition) is 6. The number of aromatic nitrogens is 1. The van der Waals surface area contributed by atoms with Crippen molar-refractivity contribution < 1.29 is 18.8 Å². The molecular weight excluding hydrogens is 449 g/mol. The normalized spacial score (nSPS) is 21.4. The average molecular weight is 472 g/mol. The Morgan fingerprint density at radius 3 is 2.64 bits per heavy atom. The van der Waals surface area contributed by atoms with Crippen LogP contribution in [0, 0.1) is 5.82 Å². The smallest absolute Gasteiger partial charge is 0.255 e. The Hall–Kier alpha value is -3.04. The minimum atomic E-state index is -0.710. The summed E-state index contributed by atoms with van der Waals surface area (Å²) in [6.45, 7) is 3.67. The summed E-state index contributed by atoms with van der Waals surface area (Å²) >= 11 is 5.97. The number of rotatable bonds is 4. The van der Waals surface area contributed by atoms with Gasteiger partial charge in [-0.05, 0) is 36.2 Å². The maximum absolute atomic E-state index is 15.0. The molecule has 2 saturated heterocycles. The third-order valence-corrected chi connectivity index (χ3v) is 6.67. The first kappa shape index (κ1) is 21.8. The van der Waals surface area contributed by atoms with E-state index in [1.165, 1.54) is 11.0 Å². The lowest BCUT2D eigenvalue weighted by atomic mass is 10.0. The van der Waals surface area contributed by atoms with Gasteiger partial charge in [-0.25, -0.2) is 9.37 Å². The zero-order valence-electron chi connectivity index (χ0n) is 17.9. The van der Waals surface area contributed by atoms with Gasteiger partial charge in [0.2, 0.25) is 11.8 Å². The molecule has 10 heteroatoms. The van der Waals surface area contributed by atoms with E-state index in [9.17, 15) is 14.4 Å². The van der Waals surface area contributed by atoms with E-state index in [-0.39, 0.29) is 36.8 Å². The van der Waals surface area contributed by atoms with Gasteiger partial charge in [0.05, 0.1) is 11.4 Å². The van der Waals surface area contributed by atoms with Crippen LogP contribution in [0.3, 0.4) is 0 Å². The highest BCUT2D eigenvalue weighted by atomic mass is 35.5. The maximum atomic E-state index is 15.0. The van der Waals surface area contributed by atoms with Gasteiger partial charge in [0.1, 0.15) is 17.0 Å². The van der Waals surface area contributed by atoms with E-state index in [1.807, 2.05) is 17.0 Å². The zero-order chi connectivity index (χ0) is 23.1. The van der Waals surface area contributed by atoms with E-state index in [0.29, 0.717) is 36.0 Å². The predicted molar refractivity (Wildman–Crippen MR) is 119 cm³/mol. The Morgan fingerprint density at radius 1 is 1.12 bits per heavy atom. The van der Waals surface area contributed by atoms with Crippen LogP contribution in [-0.4, -0.2) is 64.7 Å². The zero-order valence-corrected chi connectivity index (χ0v) is 18.6. The molecule has 33 heavy (non-hydrogen) atoms. The molecule has 3 amide bonds. The molecule has 3 aliphatic rings. The van der Waals surface area contributed by atoms with Gasteiger partial charge in [0.15, 0.2) is 0 Å². The number of pyridine rings is 1. The third-order valence-electron chi connectivity index (χ3n) is 6.46. The number of carbonyl (C=O) groups is 3. The van der Waals surface area contributed by atoms with Crippen molar-refractivity contribution >= 4 is 35.0 Å². The molecule has 5 rings (SSSR count). The number of nitrogens with one attached hydrogen (secondary N) is 1. The number of amides is 3. The number of benzene rings is 1. The number of piperazine rings is 1. The molecule has 1 N–H and O–H groups in total. The third kappa shape index (κ3) is 4.30. The molecule has 0 aliphatic carbocycles. The van der Waals surface area contributed by atoms with E-state index in [0.717, 1.165) is 18.8 Å². The summed E-state index contributed by atoms with van der Waals surface area (Å²) in [4.78, 5) is 46.5. The molecule has 0 saturated carbocycles. The number of piperidine rings is 1. The van der Waals surface area contributed by atoms with Gasteiger partial charge < -0.3 is 9.80 Å². The summed E-state index contributed by atoms with van der Waals surface area (Å²) in [7, 11) is 0. The van der Waals surface area contributed by atoms with Crippen LogP contribution < -0.4 is 10.2 Å². The minimum absolute atomic E-state index is 0.186. The van der Waals surface area contributed by atoms with Crippen LogP contribution in [0.1, 0.15) is 34.5 Å². The topological polar surface area (TPSA) is 85.9 Å². The Balaban J connectivity index is 1.27. The van der Waals surface area contributed by atoms with E-state index in [1.54, 1.807) is 12.1 Å². The van der Waals surface area contributed by atoms with Crippen molar-refractivity contribution in [1.82, 2.24) is 20.1 Å². The van der Waals surface area contributed by atoms with E-state index < -0.39 is 17.8 Å². The van der Waals surface area contributed by atoms with Crippen molar-refractivity contribution in [2.24, 2.45) is 0 Å². The molecule has 3 aliphatic heterocycles. The molecule has 2 fully saturated rings. The lowest BCUT2D eigenvalue weighted by Crippen LogP contribution is -2.52. The van der Waals surface area contributed by atoms with Crippen molar-refractivity contribution in [2.45, 2.75) is 32.0 Å². The van der Waals surface area contributed by atoms with Crippen LogP contribution in [0.25, 0.3) is 0 Å². The first-order chi connectivity index (χ1) is 15.9. The molecule has 0 radical (unpaired) electrons. The SMILES string of the molecule is O=C1CCC(N2Cc3cc(N4CCN(Cc5cccc(Cl)n5)CC4)c(F)cc3C2=O)C(=O)N1. The summed E-state index contributed by atoms with van der Waals surface area (Å²) < 4.78 is 15.0. The monoisotopic (exact) mass is 471 g/mol. The van der Waals surface area contributed by atoms with Gasteiger partial charge in [-0.3, -0.25) is 24.6 Å². The maximum Gasteiger partial charge on any atom is 0.255 e. The quantitative estimate of drug-likeness (QED) is 0.542. The second kappa shape index (κ2) is 8.72. The summed E-state index contributed by atoms with van der Waals surface area (Å²) in [5.41, 5.74) is 2.34. The van der Waals surface area contributed by atoms with Crippen LogP contribution in [0.2, 0.25) is 5.15 Å². The molecule has 1 aromatic carbocycles. The molecule has 1 atom stereocenters. The fourth-order valence-electron chi connectivity index (χ4n) is 4.73. The molecule has 8 nitrogen and oxygen atoms in total. The van der Waals surface area contributed by atoms with E-state index in [4.69, 9.17) is 11.6 Å². The number of hydrogen-bond donors (Lipinski definition) is 1. The average Bonchev–Trinajstić information content (AvgIpc) is 3.09. The van der Waals surface area contributed by atoms with Gasteiger partial charge >= 0.3 is 0 Å². The molecule has 0 spiro atoms. The fourth-order valence-corrected chi connectivity index (χ4v) is 4.91. The summed E-state index contributed by atoms with van der Waals surface area (Å²) in [6.07, 6.45) is 0.467. The number of anilines is 1. The van der Waals surface area contributed by atoms with Crippen molar-refractivity contribution in [3.8, 4) is 0 Å². The second-order valence-electron chi connectivity index (χ2n) is 8.58. The Bertz CT molecular complexity index is 1140. The summed E-state index contributed by atoms with van der Waals surface area (Å²) in [6, 6.07) is 7.84. The lowest BCUT2D eigenvalue weighted by Gasteiger charge is -2.36. The van der Waals surface area contributed by atoms with E-state index in [2.05, 4.69) is 15.2 Å². The van der Waals surface area contributed by atoms with Crippen LogP contribution >= 0.6 is 11.6 Å². The number of carbonyl (C=O) groups excluding carboxylic acids is 3. The van der Waals surface area contributed by atoms with Crippen LogP contribution in [0.4, 0.5) is 10.1 Å². The lowest BCUT2D eigenvalue weighted by molar-refractivity contribution is -0.136. The van der Waals surface area contributed by atoms with Gasteiger partial charge in [-0.2, -0.15) is 0 Å². The number of fused-ring (bicyclic) bond motifs is 1. The molecule has 4 heterocycles. The van der Waals surface area contributed by atoms with Crippen LogP contribution in [0.15, 0.2) is 30.3 Å². The first-order valence-electron chi connectivity index (χ1n) is 10.9. The molecular formula is C23H23ClFN5O3. The van der Waals surface area contributed by atoms with Crippen molar-refractivity contribution in [3.05, 3.63) is 58.1 Å². The minimum Gasteiger partial charge on any atom is -0.367 e. The number of imide groups is 1. The molecule has 2 aromatic rings. The van der Waals surface area contributed by atoms with Gasteiger partial charge in [0.25, 0.3) is 5.91 Å². The summed E-state index contributed by atoms with van der Waals surface area (Å²) in [5, 5.41) is 2.75. The Morgan fingerprint density at radius 2 is 1.91 bits per heavy atom. The van der Waals surface area contributed by atoms with E-state index >= 15 is 4.39 Å². The largest absolute Gasteiger partial charge is 0.367 e. The molecule has 1 unspecified atom stereocenters. The first-order valence-corrected chi connectivity index (χ1v) is 11.3. The standard InChI is InChI=1S/C23H23ClFN5O3/c24-20-3-1-2-15(26-20)13-28-6-8-29(9-7-28)19-10-14-12-30(23(33)16(14)11-17(19)25)18-4-5-21(31)27-22(18)32/h1-3,10-11,18H,4-9,12-13H2,(H,27,31,32). The van der Waals surface area contributed by atoms with Gasteiger partial charge in [0, 0.05) is 51.3 Å².